The van der Waals surface area contributed by atoms with Crippen LogP contribution in [0.4, 0.5) is 0 Å². The summed E-state index contributed by atoms with van der Waals surface area (Å²) >= 11 is 1.87. The van der Waals surface area contributed by atoms with Crippen LogP contribution < -0.4 is 5.32 Å². The van der Waals surface area contributed by atoms with E-state index in [0.717, 1.165) is 24.6 Å². The number of hydrogen-bond acceptors (Lipinski definition) is 14. The van der Waals surface area contributed by atoms with Gasteiger partial charge in [-0.05, 0) is 100 Å². The predicted molar refractivity (Wildman–Crippen MR) is 356 cm³/mol. The third-order valence-corrected chi connectivity index (χ3v) is 19.8. The number of aliphatic hydroxyl groups is 1. The number of rotatable bonds is 16. The highest BCUT2D eigenvalue weighted by molar-refractivity contribution is 7.99. The summed E-state index contributed by atoms with van der Waals surface area (Å²) in [5.74, 6) is -8.70. The fraction of sp³-hybridized carbons (Fsp3) is 0.838. The van der Waals surface area contributed by atoms with E-state index in [9.17, 15) is 38.7 Å². The first-order valence-electron chi connectivity index (χ1n) is 33.4. The zero-order chi connectivity index (χ0) is 69.3. The molecular weight excluding hydrogens is 1170 g/mol. The zero-order valence-corrected chi connectivity index (χ0v) is 60.6. The average Bonchev–Trinajstić information content (AvgIpc) is 0.906. The number of amides is 8. The van der Waals surface area contributed by atoms with E-state index < -0.39 is 143 Å². The van der Waals surface area contributed by atoms with Crippen molar-refractivity contribution in [1.82, 2.24) is 44.5 Å². The lowest BCUT2D eigenvalue weighted by atomic mass is 9.84. The van der Waals surface area contributed by atoms with E-state index in [-0.39, 0.29) is 86.1 Å². The molecule has 21 nitrogen and oxygen atoms in total. The second kappa shape index (κ2) is 37.1. The van der Waals surface area contributed by atoms with E-state index >= 15 is 19.2 Å². The monoisotopic (exact) mass is 1290 g/mol. The van der Waals surface area contributed by atoms with Gasteiger partial charge in [0.05, 0.1) is 18.2 Å². The average molecular weight is 1290 g/mol. The highest BCUT2D eigenvalue weighted by Crippen LogP contribution is 2.30. The molecule has 8 amide bonds. The Kier molecular flexibility index (Phi) is 33.4. The Balaban J connectivity index is 3.00. The molecule has 2 N–H and O–H groups in total. The first-order chi connectivity index (χ1) is 41.7. The molecule has 22 heteroatoms. The second-order valence-corrected chi connectivity index (χ2v) is 30.1. The number of carbonyl (C=O) groups excluding carboxylic acids is 11. The number of nitrogens with one attached hydrogen (secondary N) is 1. The Morgan fingerprint density at radius 2 is 0.889 bits per heavy atom. The van der Waals surface area contributed by atoms with E-state index in [1.54, 1.807) is 34.6 Å². The summed E-state index contributed by atoms with van der Waals surface area (Å²) in [7, 11) is 10.4. The molecule has 516 valence electrons. The lowest BCUT2D eigenvalue weighted by Gasteiger charge is -2.42. The molecule has 0 aromatic rings. The molecule has 2 rings (SSSR count). The van der Waals surface area contributed by atoms with E-state index in [0.29, 0.717) is 13.0 Å². The number of carbonyl (C=O) groups is 11. The standard InChI is InChI=1S/C68H121N9O12S/c1-25-49-37-57(80)59(60(81)45(14)26-27-77-28-30-90-31-29-77)76(24)68(89)58(44(12)13)75(23)67(88)54(35-42(8)9)74(22)66(87)53(34-41(6)7)73(21)62(83)47(16)69-61(82)46(15)36-55(78)51(32-39(2)3)72(20)65(86)50(43(10)11)38-56(79)52(33-40(4)5)71(19)63(84)48(17)70(18)64(49)85/h39-54,58-60,81H,25-38H2,1-24H3,(H,69,82)/t45-,46+,47+,48-,49+,50-,51-,52+,53-,54-,58-,59+,60-/m1/s1. The van der Waals surface area contributed by atoms with Gasteiger partial charge in [0.15, 0.2) is 17.3 Å². The number of ketones is 3. The predicted octanol–water partition coefficient (Wildman–Crippen LogP) is 6.40. The Labute approximate surface area is 546 Å². The van der Waals surface area contributed by atoms with Crippen LogP contribution in [-0.2, 0) is 52.7 Å². The lowest BCUT2D eigenvalue weighted by molar-refractivity contribution is -0.157. The lowest BCUT2D eigenvalue weighted by Crippen LogP contribution is -2.62. The quantitative estimate of drug-likeness (QED) is 0.170. The van der Waals surface area contributed by atoms with Crippen LogP contribution in [0.2, 0.25) is 0 Å². The van der Waals surface area contributed by atoms with Crippen LogP contribution in [0, 0.1) is 59.2 Å². The van der Waals surface area contributed by atoms with Crippen LogP contribution in [0.5, 0.6) is 0 Å². The van der Waals surface area contributed by atoms with Crippen LogP contribution in [-0.4, -0.2) is 244 Å². The van der Waals surface area contributed by atoms with Crippen molar-refractivity contribution < 1.29 is 57.8 Å². The van der Waals surface area contributed by atoms with E-state index in [1.807, 2.05) is 87.9 Å². The van der Waals surface area contributed by atoms with Gasteiger partial charge in [0.25, 0.3) is 0 Å². The third-order valence-electron chi connectivity index (χ3n) is 18.8. The number of nitrogens with zero attached hydrogens (tertiary/aromatic N) is 8. The van der Waals surface area contributed by atoms with Crippen molar-refractivity contribution in [1.29, 1.82) is 0 Å². The van der Waals surface area contributed by atoms with Crippen molar-refractivity contribution in [2.75, 3.05) is 80.5 Å². The van der Waals surface area contributed by atoms with E-state index in [1.165, 1.54) is 90.6 Å². The van der Waals surface area contributed by atoms with Crippen LogP contribution >= 0.6 is 11.8 Å². The smallest absolute Gasteiger partial charge is 0.246 e. The van der Waals surface area contributed by atoms with Crippen molar-refractivity contribution >= 4 is 76.4 Å². The highest BCUT2D eigenvalue weighted by atomic mass is 32.2. The maximum Gasteiger partial charge on any atom is 0.246 e. The summed E-state index contributed by atoms with van der Waals surface area (Å²) in [4.78, 5) is 174. The summed E-state index contributed by atoms with van der Waals surface area (Å²) in [6.07, 6.45) is -0.882. The van der Waals surface area contributed by atoms with Gasteiger partial charge in [-0.25, -0.2) is 0 Å². The molecule has 0 aromatic heterocycles. The largest absolute Gasteiger partial charge is 0.390 e. The van der Waals surface area contributed by atoms with E-state index in [2.05, 4.69) is 10.2 Å². The van der Waals surface area contributed by atoms with Crippen molar-refractivity contribution in [3.8, 4) is 0 Å². The molecule has 2 heterocycles. The third kappa shape index (κ3) is 22.4. The molecule has 2 saturated heterocycles. The highest BCUT2D eigenvalue weighted by Gasteiger charge is 2.46. The number of hydrogen-bond donors (Lipinski definition) is 2. The summed E-state index contributed by atoms with van der Waals surface area (Å²) in [6.45, 7) is 33.0. The van der Waals surface area contributed by atoms with Gasteiger partial charge in [-0.15, -0.1) is 0 Å². The van der Waals surface area contributed by atoms with Gasteiger partial charge < -0.3 is 49.6 Å². The van der Waals surface area contributed by atoms with Gasteiger partial charge in [-0.2, -0.15) is 11.8 Å². The van der Waals surface area contributed by atoms with Gasteiger partial charge in [0.2, 0.25) is 47.3 Å². The van der Waals surface area contributed by atoms with Crippen LogP contribution in [0.25, 0.3) is 0 Å². The van der Waals surface area contributed by atoms with Crippen LogP contribution in [0.3, 0.4) is 0 Å². The molecule has 2 fully saturated rings. The maximum atomic E-state index is 15.4. The molecule has 90 heavy (non-hydrogen) atoms. The molecule has 2 aliphatic rings. The van der Waals surface area contributed by atoms with Crippen molar-refractivity contribution in [3.63, 3.8) is 0 Å². The Morgan fingerprint density at radius 1 is 0.467 bits per heavy atom. The summed E-state index contributed by atoms with van der Waals surface area (Å²) in [5.41, 5.74) is 0. The first kappa shape index (κ1) is 81.1. The van der Waals surface area contributed by atoms with Crippen molar-refractivity contribution in [2.24, 2.45) is 59.2 Å². The molecule has 0 radical (unpaired) electrons. The topological polar surface area (TPSA) is 246 Å². The minimum absolute atomic E-state index is 0.0672. The Hall–Kier alpha value is -4.96. The molecule has 0 aromatic carbocycles. The molecule has 0 saturated carbocycles. The summed E-state index contributed by atoms with van der Waals surface area (Å²) in [6, 6.07) is -9.23. The summed E-state index contributed by atoms with van der Waals surface area (Å²) < 4.78 is 0. The number of Topliss-reactive ketones (excluding diaryl/α,β-unsaturated/α-hetero) is 3. The number of likely N-dealkylation sites (N-methyl/N-ethyl adjacent to an activating group) is 7. The fourth-order valence-electron chi connectivity index (χ4n) is 12.6. The molecular formula is C68H121N9O12S. The van der Waals surface area contributed by atoms with Crippen molar-refractivity contribution in [2.45, 2.75) is 230 Å². The van der Waals surface area contributed by atoms with Gasteiger partial charge in [0, 0.05) is 111 Å². The maximum absolute atomic E-state index is 15.4. The SMILES string of the molecule is CC[C@H]1CC(=O)[C@@H]([C@H](O)[C@H](C)CCN2CCSCC2)N(C)C(=O)[C@@H](C(C)C)N(C)C(=O)[C@@H](CC(C)C)N(C)C(=O)[C@@H](CC(C)C)N(C)C(=O)[C@H](C)NC(=O)[C@@H](C)CC(=O)[C@@H](CC(C)C)N(C)C(=O)[C@@H](C(C)C)CC(=O)[C@H](CC(C)C)N(C)C(=O)[C@@H](C)N(C)C1=O. The first-order valence-corrected chi connectivity index (χ1v) is 34.5. The van der Waals surface area contributed by atoms with E-state index in [4.69, 9.17) is 0 Å². The van der Waals surface area contributed by atoms with Crippen molar-refractivity contribution in [3.05, 3.63) is 0 Å². The molecule has 13 atom stereocenters. The number of aliphatic hydroxyl groups excluding tert-OH is 1. The van der Waals surface area contributed by atoms with Gasteiger partial charge >= 0.3 is 0 Å². The molecule has 0 spiro atoms. The Morgan fingerprint density at radius 3 is 1.34 bits per heavy atom. The second-order valence-electron chi connectivity index (χ2n) is 28.8. The fourth-order valence-corrected chi connectivity index (χ4v) is 13.6. The van der Waals surface area contributed by atoms with Gasteiger partial charge in [-0.3, -0.25) is 52.7 Å². The number of thioether (sulfide) groups is 1. The molecule has 0 bridgehead atoms. The minimum atomic E-state index is -1.48. The molecule has 0 aliphatic carbocycles. The zero-order valence-electron chi connectivity index (χ0n) is 59.8. The van der Waals surface area contributed by atoms with Gasteiger partial charge in [-0.1, -0.05) is 104 Å². The normalized spacial score (nSPS) is 28.3. The Bertz CT molecular complexity index is 2430. The molecule has 0 unspecified atom stereocenters. The minimum Gasteiger partial charge on any atom is -0.390 e. The van der Waals surface area contributed by atoms with Crippen LogP contribution in [0.1, 0.15) is 175 Å². The molecule has 2 aliphatic heterocycles. The van der Waals surface area contributed by atoms with Gasteiger partial charge in [0.1, 0.15) is 36.3 Å². The van der Waals surface area contributed by atoms with Crippen LogP contribution in [0.15, 0.2) is 0 Å². The summed E-state index contributed by atoms with van der Waals surface area (Å²) in [5, 5.41) is 15.3.